The molecule has 7 heteroatoms. The average Bonchev–Trinajstić information content (AvgIpc) is 3.00. The van der Waals surface area contributed by atoms with E-state index in [1.54, 1.807) is 11.8 Å². The topological polar surface area (TPSA) is 52.6 Å². The quantitative estimate of drug-likeness (QED) is 0.838. The molecule has 22 heavy (non-hydrogen) atoms. The molecule has 0 bridgehead atoms. The van der Waals surface area contributed by atoms with Crippen LogP contribution in [0.4, 0.5) is 8.78 Å². The van der Waals surface area contributed by atoms with Crippen LogP contribution < -0.4 is 5.32 Å². The number of nitrogens with zero attached hydrogens (tertiary/aromatic N) is 1. The minimum atomic E-state index is -2.33. The van der Waals surface area contributed by atoms with E-state index in [0.717, 1.165) is 4.88 Å². The Labute approximate surface area is 133 Å². The Kier molecular flexibility index (Phi) is 5.88. The van der Waals surface area contributed by atoms with Gasteiger partial charge in [-0.1, -0.05) is 6.07 Å². The zero-order valence-electron chi connectivity index (χ0n) is 12.6. The number of rotatable bonds is 6. The number of piperidine rings is 1. The third-order valence-corrected chi connectivity index (χ3v) is 5.14. The van der Waals surface area contributed by atoms with E-state index in [4.69, 9.17) is 0 Å². The van der Waals surface area contributed by atoms with Crippen molar-refractivity contribution in [3.8, 4) is 0 Å². The number of amides is 1. The molecule has 1 unspecified atom stereocenters. The normalized spacial score (nSPS) is 20.0. The molecule has 0 aliphatic carbocycles. The lowest BCUT2D eigenvalue weighted by atomic mass is 9.95. The Morgan fingerprint density at radius 1 is 1.55 bits per heavy atom. The summed E-state index contributed by atoms with van der Waals surface area (Å²) >= 11 is 1.44. The molecule has 124 valence electrons. The third-order valence-electron chi connectivity index (χ3n) is 4.01. The maximum absolute atomic E-state index is 12.3. The second kappa shape index (κ2) is 7.48. The van der Waals surface area contributed by atoms with E-state index in [1.165, 1.54) is 11.3 Å². The van der Waals surface area contributed by atoms with Crippen molar-refractivity contribution in [3.05, 3.63) is 22.4 Å². The van der Waals surface area contributed by atoms with E-state index in [-0.39, 0.29) is 24.9 Å². The summed E-state index contributed by atoms with van der Waals surface area (Å²) in [7, 11) is 0. The van der Waals surface area contributed by atoms with Gasteiger partial charge in [0.25, 0.3) is 6.43 Å². The fourth-order valence-corrected chi connectivity index (χ4v) is 3.44. The summed E-state index contributed by atoms with van der Waals surface area (Å²) in [5, 5.41) is 15.0. The lowest BCUT2D eigenvalue weighted by Crippen LogP contribution is -2.45. The molecule has 0 aromatic carbocycles. The van der Waals surface area contributed by atoms with Gasteiger partial charge >= 0.3 is 0 Å². The Morgan fingerprint density at radius 3 is 2.77 bits per heavy atom. The van der Waals surface area contributed by atoms with Crippen LogP contribution in [0.5, 0.6) is 0 Å². The first kappa shape index (κ1) is 17.3. The van der Waals surface area contributed by atoms with Crippen LogP contribution in [-0.4, -0.2) is 48.5 Å². The predicted molar refractivity (Wildman–Crippen MR) is 82.1 cm³/mol. The van der Waals surface area contributed by atoms with Gasteiger partial charge in [-0.3, -0.25) is 9.69 Å². The van der Waals surface area contributed by atoms with E-state index in [1.807, 2.05) is 17.5 Å². The van der Waals surface area contributed by atoms with Crippen molar-refractivity contribution in [3.63, 3.8) is 0 Å². The Bertz CT molecular complexity index is 472. The Hall–Kier alpha value is -1.05. The summed E-state index contributed by atoms with van der Waals surface area (Å²) in [6, 6.07) is 3.69. The first-order chi connectivity index (χ1) is 10.4. The summed E-state index contributed by atoms with van der Waals surface area (Å²) in [6.07, 6.45) is -1.16. The molecule has 0 spiro atoms. The molecule has 1 aliphatic rings. The first-order valence-electron chi connectivity index (χ1n) is 7.43. The maximum atomic E-state index is 12.3. The molecule has 1 aromatic heterocycles. The van der Waals surface area contributed by atoms with Gasteiger partial charge in [0.15, 0.2) is 0 Å². The lowest BCUT2D eigenvalue weighted by molar-refractivity contribution is -0.127. The average molecular weight is 332 g/mol. The first-order valence-corrected chi connectivity index (χ1v) is 8.31. The van der Waals surface area contributed by atoms with Crippen molar-refractivity contribution in [2.24, 2.45) is 5.92 Å². The number of nitrogens with one attached hydrogen (secondary N) is 1. The highest BCUT2D eigenvalue weighted by molar-refractivity contribution is 7.10. The van der Waals surface area contributed by atoms with Crippen molar-refractivity contribution in [2.75, 3.05) is 26.2 Å². The predicted octanol–water partition coefficient (Wildman–Crippen LogP) is 2.05. The van der Waals surface area contributed by atoms with Crippen molar-refractivity contribution in [2.45, 2.75) is 31.8 Å². The van der Waals surface area contributed by atoms with Crippen LogP contribution in [0.2, 0.25) is 0 Å². The van der Waals surface area contributed by atoms with Crippen LogP contribution >= 0.6 is 11.3 Å². The third kappa shape index (κ3) is 4.72. The van der Waals surface area contributed by atoms with Gasteiger partial charge in [-0.05, 0) is 44.3 Å². The summed E-state index contributed by atoms with van der Waals surface area (Å²) in [5.74, 6) is -0.262. The number of hydrogen-bond donors (Lipinski definition) is 2. The fourth-order valence-electron chi connectivity index (χ4n) is 2.65. The molecule has 1 amide bonds. The molecule has 2 rings (SSSR count). The van der Waals surface area contributed by atoms with Gasteiger partial charge in [-0.2, -0.15) is 0 Å². The van der Waals surface area contributed by atoms with Gasteiger partial charge in [0.1, 0.15) is 5.60 Å². The number of aliphatic hydroxyl groups is 1. The van der Waals surface area contributed by atoms with Crippen LogP contribution in [-0.2, 0) is 10.4 Å². The minimum absolute atomic E-state index is 0.103. The Morgan fingerprint density at radius 2 is 2.23 bits per heavy atom. The number of thiophene rings is 1. The van der Waals surface area contributed by atoms with Gasteiger partial charge in [0, 0.05) is 10.8 Å². The van der Waals surface area contributed by atoms with Crippen molar-refractivity contribution in [1.29, 1.82) is 0 Å². The van der Waals surface area contributed by atoms with Gasteiger partial charge in [0.2, 0.25) is 5.91 Å². The molecule has 0 saturated carbocycles. The molecule has 1 saturated heterocycles. The highest BCUT2D eigenvalue weighted by Gasteiger charge is 2.29. The van der Waals surface area contributed by atoms with Crippen molar-refractivity contribution >= 4 is 17.2 Å². The van der Waals surface area contributed by atoms with Gasteiger partial charge in [-0.25, -0.2) is 8.78 Å². The number of likely N-dealkylation sites (tertiary alicyclic amines) is 1. The standard InChI is InChI=1S/C15H22F2N2O2S/c1-15(21,12-3-2-8-22-12)10-18-14(20)11-4-6-19(7-5-11)9-13(16)17/h2-3,8,11,13,21H,4-7,9-10H2,1H3,(H,18,20). The van der Waals surface area contributed by atoms with Crippen molar-refractivity contribution < 1.29 is 18.7 Å². The van der Waals surface area contributed by atoms with Crippen LogP contribution in [0.15, 0.2) is 17.5 Å². The molecule has 1 aliphatic heterocycles. The summed E-state index contributed by atoms with van der Waals surface area (Å²) in [4.78, 5) is 14.7. The number of alkyl halides is 2. The minimum Gasteiger partial charge on any atom is -0.383 e. The van der Waals surface area contributed by atoms with Gasteiger partial charge < -0.3 is 10.4 Å². The van der Waals surface area contributed by atoms with E-state index < -0.39 is 12.0 Å². The summed E-state index contributed by atoms with van der Waals surface area (Å²) in [6.45, 7) is 2.64. The molecular formula is C15H22F2N2O2S. The number of halogens is 2. The zero-order chi connectivity index (χ0) is 16.2. The van der Waals surface area contributed by atoms with Crippen LogP contribution in [0.3, 0.4) is 0 Å². The fraction of sp³-hybridized carbons (Fsp3) is 0.667. The second-order valence-corrected chi connectivity index (χ2v) is 6.88. The van der Waals surface area contributed by atoms with Gasteiger partial charge in [0.05, 0.1) is 13.1 Å². The summed E-state index contributed by atoms with van der Waals surface area (Å²) < 4.78 is 24.6. The number of hydrogen-bond acceptors (Lipinski definition) is 4. The van der Waals surface area contributed by atoms with Crippen molar-refractivity contribution in [1.82, 2.24) is 10.2 Å². The molecular weight excluding hydrogens is 310 g/mol. The van der Waals surface area contributed by atoms with E-state index in [2.05, 4.69) is 5.32 Å². The molecule has 1 aromatic rings. The molecule has 1 atom stereocenters. The monoisotopic (exact) mass is 332 g/mol. The largest absolute Gasteiger partial charge is 0.383 e. The lowest BCUT2D eigenvalue weighted by Gasteiger charge is -2.31. The smallest absolute Gasteiger partial charge is 0.251 e. The SMILES string of the molecule is CC(O)(CNC(=O)C1CCN(CC(F)F)CC1)c1cccs1. The maximum Gasteiger partial charge on any atom is 0.251 e. The molecule has 2 heterocycles. The Balaban J connectivity index is 1.77. The molecule has 1 fully saturated rings. The summed E-state index contributed by atoms with van der Waals surface area (Å²) in [5.41, 5.74) is -1.08. The molecule has 4 nitrogen and oxygen atoms in total. The number of carbonyl (C=O) groups excluding carboxylic acids is 1. The molecule has 2 N–H and O–H groups in total. The van der Waals surface area contributed by atoms with E-state index in [0.29, 0.717) is 25.9 Å². The van der Waals surface area contributed by atoms with Crippen LogP contribution in [0, 0.1) is 5.92 Å². The molecule has 0 radical (unpaired) electrons. The zero-order valence-corrected chi connectivity index (χ0v) is 13.4. The van der Waals surface area contributed by atoms with Crippen LogP contribution in [0.25, 0.3) is 0 Å². The van der Waals surface area contributed by atoms with Crippen LogP contribution in [0.1, 0.15) is 24.6 Å². The van der Waals surface area contributed by atoms with Gasteiger partial charge in [-0.15, -0.1) is 11.3 Å². The highest BCUT2D eigenvalue weighted by atomic mass is 32.1. The van der Waals surface area contributed by atoms with E-state index >= 15 is 0 Å². The number of carbonyl (C=O) groups is 1. The highest BCUT2D eigenvalue weighted by Crippen LogP contribution is 2.25. The van der Waals surface area contributed by atoms with E-state index in [9.17, 15) is 18.7 Å². The second-order valence-electron chi connectivity index (χ2n) is 5.93.